The molecule has 2 aliphatic rings. The van der Waals surface area contributed by atoms with E-state index >= 15 is 0 Å². The molecule has 116 valence electrons. The summed E-state index contributed by atoms with van der Waals surface area (Å²) in [4.78, 5) is 9.53. The summed E-state index contributed by atoms with van der Waals surface area (Å²) in [5, 5.41) is 4.76. The van der Waals surface area contributed by atoms with E-state index in [4.69, 9.17) is 16.1 Å². The quantitative estimate of drug-likeness (QED) is 0.870. The first kappa shape index (κ1) is 14.2. The number of hydrogen-bond acceptors (Lipinski definition) is 5. The predicted octanol–water partition coefficient (Wildman–Crippen LogP) is 2.67. The van der Waals surface area contributed by atoms with Gasteiger partial charge in [-0.25, -0.2) is 0 Å². The lowest BCUT2D eigenvalue weighted by Gasteiger charge is -2.36. The Balaban J connectivity index is 1.44. The molecule has 0 radical (unpaired) electrons. The van der Waals surface area contributed by atoms with E-state index < -0.39 is 0 Å². The van der Waals surface area contributed by atoms with Crippen LogP contribution in [0.15, 0.2) is 28.8 Å². The van der Waals surface area contributed by atoms with E-state index in [-0.39, 0.29) is 0 Å². The summed E-state index contributed by atoms with van der Waals surface area (Å²) in [5.41, 5.74) is 0.892. The van der Waals surface area contributed by atoms with Gasteiger partial charge in [0, 0.05) is 36.3 Å². The van der Waals surface area contributed by atoms with Gasteiger partial charge in [-0.3, -0.25) is 9.80 Å². The number of benzene rings is 1. The van der Waals surface area contributed by atoms with Crippen LogP contribution in [0.1, 0.15) is 18.7 Å². The molecule has 0 aliphatic carbocycles. The van der Waals surface area contributed by atoms with Crippen molar-refractivity contribution in [2.24, 2.45) is 0 Å². The molecule has 2 fully saturated rings. The van der Waals surface area contributed by atoms with Gasteiger partial charge in [-0.15, -0.1) is 0 Å². The number of halogens is 1. The SMILES string of the molecule is Clc1cccc(-c2noc(CN3CCN4CCCC4C3)n2)c1. The van der Waals surface area contributed by atoms with E-state index in [0.29, 0.717) is 22.8 Å². The Morgan fingerprint density at radius 3 is 3.14 bits per heavy atom. The molecule has 5 nitrogen and oxygen atoms in total. The van der Waals surface area contributed by atoms with Gasteiger partial charge in [0.15, 0.2) is 0 Å². The largest absolute Gasteiger partial charge is 0.338 e. The minimum Gasteiger partial charge on any atom is -0.338 e. The van der Waals surface area contributed by atoms with Gasteiger partial charge in [-0.05, 0) is 31.5 Å². The van der Waals surface area contributed by atoms with Crippen LogP contribution in [-0.2, 0) is 6.54 Å². The minimum atomic E-state index is 0.608. The average Bonchev–Trinajstić information content (AvgIpc) is 3.16. The molecule has 1 aromatic heterocycles. The Labute approximate surface area is 134 Å². The molecule has 2 aliphatic heterocycles. The van der Waals surface area contributed by atoms with Gasteiger partial charge in [0.1, 0.15) is 0 Å². The van der Waals surface area contributed by atoms with Crippen LogP contribution in [0.25, 0.3) is 11.4 Å². The summed E-state index contributed by atoms with van der Waals surface area (Å²) in [5.74, 6) is 1.29. The van der Waals surface area contributed by atoms with Gasteiger partial charge in [0.25, 0.3) is 0 Å². The number of rotatable bonds is 3. The van der Waals surface area contributed by atoms with Gasteiger partial charge in [-0.1, -0.05) is 28.9 Å². The molecular weight excluding hydrogens is 300 g/mol. The van der Waals surface area contributed by atoms with Crippen molar-refractivity contribution in [3.05, 3.63) is 35.2 Å². The maximum atomic E-state index is 6.01. The van der Waals surface area contributed by atoms with Gasteiger partial charge >= 0.3 is 0 Å². The second-order valence-corrected chi connectivity index (χ2v) is 6.53. The van der Waals surface area contributed by atoms with Crippen LogP contribution in [0.5, 0.6) is 0 Å². The van der Waals surface area contributed by atoms with Gasteiger partial charge in [0.2, 0.25) is 11.7 Å². The van der Waals surface area contributed by atoms with Crippen molar-refractivity contribution >= 4 is 11.6 Å². The highest BCUT2D eigenvalue weighted by Crippen LogP contribution is 2.23. The first-order valence-corrected chi connectivity index (χ1v) is 8.21. The highest BCUT2D eigenvalue weighted by atomic mass is 35.5. The smallest absolute Gasteiger partial charge is 0.241 e. The van der Waals surface area contributed by atoms with Crippen LogP contribution in [0.3, 0.4) is 0 Å². The van der Waals surface area contributed by atoms with Crippen molar-refractivity contribution in [2.75, 3.05) is 26.2 Å². The highest BCUT2D eigenvalue weighted by Gasteiger charge is 2.31. The molecule has 4 rings (SSSR count). The maximum Gasteiger partial charge on any atom is 0.241 e. The van der Waals surface area contributed by atoms with Crippen molar-refractivity contribution in [3.8, 4) is 11.4 Å². The van der Waals surface area contributed by atoms with Gasteiger partial charge in [-0.2, -0.15) is 4.98 Å². The number of fused-ring (bicyclic) bond motifs is 1. The zero-order valence-corrected chi connectivity index (χ0v) is 13.2. The van der Waals surface area contributed by atoms with Crippen LogP contribution in [0, 0.1) is 0 Å². The molecule has 22 heavy (non-hydrogen) atoms. The molecule has 1 aromatic carbocycles. The van der Waals surface area contributed by atoms with Gasteiger partial charge in [0.05, 0.1) is 6.54 Å². The minimum absolute atomic E-state index is 0.608. The summed E-state index contributed by atoms with van der Waals surface area (Å²) in [6.45, 7) is 5.33. The second-order valence-electron chi connectivity index (χ2n) is 6.09. The summed E-state index contributed by atoms with van der Waals surface area (Å²) in [7, 11) is 0. The lowest BCUT2D eigenvalue weighted by atomic mass is 10.1. The Hall–Kier alpha value is -1.43. The van der Waals surface area contributed by atoms with E-state index in [2.05, 4.69) is 19.9 Å². The lowest BCUT2D eigenvalue weighted by molar-refractivity contribution is 0.0908. The number of hydrogen-bond donors (Lipinski definition) is 0. The monoisotopic (exact) mass is 318 g/mol. The molecule has 0 amide bonds. The molecule has 0 bridgehead atoms. The van der Waals surface area contributed by atoms with E-state index in [1.165, 1.54) is 19.4 Å². The van der Waals surface area contributed by atoms with Crippen LogP contribution >= 0.6 is 11.6 Å². The van der Waals surface area contributed by atoms with Crippen LogP contribution in [0.2, 0.25) is 5.02 Å². The Bertz CT molecular complexity index is 659. The van der Waals surface area contributed by atoms with E-state index in [1.807, 2.05) is 24.3 Å². The summed E-state index contributed by atoms with van der Waals surface area (Å²) in [6, 6.07) is 8.25. The average molecular weight is 319 g/mol. The molecule has 0 N–H and O–H groups in total. The Morgan fingerprint density at radius 1 is 1.27 bits per heavy atom. The molecule has 2 aromatic rings. The summed E-state index contributed by atoms with van der Waals surface area (Å²) in [6.07, 6.45) is 2.64. The second kappa shape index (κ2) is 5.99. The summed E-state index contributed by atoms with van der Waals surface area (Å²) >= 11 is 6.01. The molecule has 0 saturated carbocycles. The standard InChI is InChI=1S/C16H19ClN4O/c17-13-4-1-3-12(9-13)16-18-15(22-19-16)11-20-7-8-21-6-2-5-14(21)10-20/h1,3-4,9,14H,2,5-8,10-11H2. The van der Waals surface area contributed by atoms with Crippen molar-refractivity contribution in [2.45, 2.75) is 25.4 Å². The fraction of sp³-hybridized carbons (Fsp3) is 0.500. The lowest BCUT2D eigenvalue weighted by Crippen LogP contribution is -2.49. The first-order chi connectivity index (χ1) is 10.8. The Morgan fingerprint density at radius 2 is 2.23 bits per heavy atom. The fourth-order valence-corrected chi connectivity index (χ4v) is 3.64. The topological polar surface area (TPSA) is 45.4 Å². The zero-order valence-electron chi connectivity index (χ0n) is 12.4. The molecule has 2 saturated heterocycles. The normalized spacial score (nSPS) is 22.9. The highest BCUT2D eigenvalue weighted by molar-refractivity contribution is 6.30. The third-order valence-corrected chi connectivity index (χ3v) is 4.82. The third-order valence-electron chi connectivity index (χ3n) is 4.58. The molecule has 3 heterocycles. The number of aromatic nitrogens is 2. The maximum absolute atomic E-state index is 6.01. The number of piperazine rings is 1. The van der Waals surface area contributed by atoms with Crippen LogP contribution in [0.4, 0.5) is 0 Å². The summed E-state index contributed by atoms with van der Waals surface area (Å²) < 4.78 is 5.41. The van der Waals surface area contributed by atoms with Gasteiger partial charge < -0.3 is 4.52 Å². The first-order valence-electron chi connectivity index (χ1n) is 7.83. The van der Waals surface area contributed by atoms with E-state index in [0.717, 1.165) is 31.7 Å². The van der Waals surface area contributed by atoms with E-state index in [1.54, 1.807) is 0 Å². The predicted molar refractivity (Wildman–Crippen MR) is 84.6 cm³/mol. The third kappa shape index (κ3) is 2.89. The number of nitrogens with zero attached hydrogens (tertiary/aromatic N) is 4. The molecule has 1 unspecified atom stereocenters. The van der Waals surface area contributed by atoms with E-state index in [9.17, 15) is 0 Å². The zero-order chi connectivity index (χ0) is 14.9. The van der Waals surface area contributed by atoms with Crippen molar-refractivity contribution in [3.63, 3.8) is 0 Å². The van der Waals surface area contributed by atoms with Crippen molar-refractivity contribution in [1.82, 2.24) is 19.9 Å². The fourth-order valence-electron chi connectivity index (χ4n) is 3.45. The van der Waals surface area contributed by atoms with Crippen LogP contribution in [-0.4, -0.2) is 52.2 Å². The Kier molecular flexibility index (Phi) is 3.86. The van der Waals surface area contributed by atoms with Crippen LogP contribution < -0.4 is 0 Å². The van der Waals surface area contributed by atoms with Crippen molar-refractivity contribution < 1.29 is 4.52 Å². The molecule has 1 atom stereocenters. The molecule has 6 heteroatoms. The molecular formula is C16H19ClN4O. The van der Waals surface area contributed by atoms with Crippen molar-refractivity contribution in [1.29, 1.82) is 0 Å². The molecule has 0 spiro atoms.